The molecular weight excluding hydrogens is 394 g/mol. The molecule has 148 valence electrons. The summed E-state index contributed by atoms with van der Waals surface area (Å²) in [5, 5.41) is 9.20. The summed E-state index contributed by atoms with van der Waals surface area (Å²) in [5.41, 5.74) is 1.07. The molecule has 8 nitrogen and oxygen atoms in total. The molecule has 0 aliphatic rings. The van der Waals surface area contributed by atoms with E-state index in [-0.39, 0.29) is 27.5 Å². The van der Waals surface area contributed by atoms with Crippen molar-refractivity contribution in [3.8, 4) is 17.5 Å². The number of hydrogen-bond donors (Lipinski definition) is 1. The van der Waals surface area contributed by atoms with E-state index in [0.717, 1.165) is 0 Å². The highest BCUT2D eigenvalue weighted by Crippen LogP contribution is 2.30. The van der Waals surface area contributed by atoms with Crippen LogP contribution in [-0.2, 0) is 14.8 Å². The number of nitriles is 1. The molecule has 1 N–H and O–H groups in total. The van der Waals surface area contributed by atoms with Gasteiger partial charge in [-0.3, -0.25) is 4.72 Å². The number of methoxy groups -OCH3 is 2. The Bertz CT molecular complexity index is 1200. The van der Waals surface area contributed by atoms with Crippen molar-refractivity contribution < 1.29 is 22.7 Å². The monoisotopic (exact) mass is 411 g/mol. The average molecular weight is 411 g/mol. The second-order valence-electron chi connectivity index (χ2n) is 5.90. The summed E-state index contributed by atoms with van der Waals surface area (Å²) in [7, 11) is -1.63. The standard InChI is InChI=1S/C20H17N3O5S/c1-27-18-8-6-15(20(24)28-2)12-19(18)29(25,26)22-16-11-14(13-21)5-7-17(16)23-9-3-4-10-23/h3-12,22H,1-2H3. The molecule has 0 saturated heterocycles. The van der Waals surface area contributed by atoms with E-state index in [1.807, 2.05) is 6.07 Å². The smallest absolute Gasteiger partial charge is 0.337 e. The lowest BCUT2D eigenvalue weighted by atomic mass is 10.2. The molecule has 1 aromatic heterocycles. The zero-order valence-corrected chi connectivity index (χ0v) is 16.4. The van der Waals surface area contributed by atoms with Crippen molar-refractivity contribution in [2.24, 2.45) is 0 Å². The molecule has 1 heterocycles. The third-order valence-electron chi connectivity index (χ3n) is 4.13. The predicted octanol–water partition coefficient (Wildman–Crippen LogP) is 2.94. The molecule has 9 heteroatoms. The minimum Gasteiger partial charge on any atom is -0.495 e. The third kappa shape index (κ3) is 4.07. The first-order valence-corrected chi connectivity index (χ1v) is 9.84. The molecule has 0 radical (unpaired) electrons. The molecule has 3 rings (SSSR count). The van der Waals surface area contributed by atoms with Crippen molar-refractivity contribution in [3.05, 3.63) is 72.1 Å². The Labute approximate surface area is 168 Å². The van der Waals surface area contributed by atoms with Gasteiger partial charge in [0.2, 0.25) is 0 Å². The second-order valence-corrected chi connectivity index (χ2v) is 7.55. The summed E-state index contributed by atoms with van der Waals surface area (Å²) >= 11 is 0. The maximum atomic E-state index is 13.1. The number of carbonyl (C=O) groups excluding carboxylic acids is 1. The summed E-state index contributed by atoms with van der Waals surface area (Å²) in [5.74, 6) is -0.618. The van der Waals surface area contributed by atoms with Crippen LogP contribution in [0.25, 0.3) is 5.69 Å². The van der Waals surface area contributed by atoms with Crippen LogP contribution in [0.2, 0.25) is 0 Å². The second kappa shape index (κ2) is 8.08. The quantitative estimate of drug-likeness (QED) is 0.625. The lowest BCUT2D eigenvalue weighted by molar-refractivity contribution is 0.0600. The van der Waals surface area contributed by atoms with E-state index in [1.165, 1.54) is 38.5 Å². The number of anilines is 1. The lowest BCUT2D eigenvalue weighted by Gasteiger charge is -2.16. The molecule has 0 spiro atoms. The van der Waals surface area contributed by atoms with Gasteiger partial charge in [-0.2, -0.15) is 5.26 Å². The van der Waals surface area contributed by atoms with Crippen molar-refractivity contribution in [2.75, 3.05) is 18.9 Å². The fraction of sp³-hybridized carbons (Fsp3) is 0.100. The van der Waals surface area contributed by atoms with Crippen molar-refractivity contribution in [1.82, 2.24) is 4.57 Å². The van der Waals surface area contributed by atoms with E-state index in [1.54, 1.807) is 41.2 Å². The van der Waals surface area contributed by atoms with Crippen LogP contribution in [0.15, 0.2) is 65.8 Å². The molecular formula is C20H17N3O5S. The zero-order chi connectivity index (χ0) is 21.0. The maximum absolute atomic E-state index is 13.1. The van der Waals surface area contributed by atoms with Crippen molar-refractivity contribution in [2.45, 2.75) is 4.90 Å². The summed E-state index contributed by atoms with van der Waals surface area (Å²) < 4.78 is 40.3. The van der Waals surface area contributed by atoms with Gasteiger partial charge in [-0.15, -0.1) is 0 Å². The van der Waals surface area contributed by atoms with Gasteiger partial charge in [0.15, 0.2) is 0 Å². The molecule has 0 bridgehead atoms. The van der Waals surface area contributed by atoms with Crippen LogP contribution in [-0.4, -0.2) is 33.2 Å². The molecule has 0 unspecified atom stereocenters. The molecule has 0 aliphatic heterocycles. The minimum atomic E-state index is -4.16. The Morgan fingerprint density at radius 1 is 1.10 bits per heavy atom. The lowest BCUT2D eigenvalue weighted by Crippen LogP contribution is -2.16. The molecule has 0 saturated carbocycles. The zero-order valence-electron chi connectivity index (χ0n) is 15.6. The summed E-state index contributed by atoms with van der Waals surface area (Å²) in [6.45, 7) is 0. The Morgan fingerprint density at radius 2 is 1.83 bits per heavy atom. The van der Waals surface area contributed by atoms with E-state index in [2.05, 4.69) is 9.46 Å². The highest BCUT2D eigenvalue weighted by molar-refractivity contribution is 7.92. The van der Waals surface area contributed by atoms with Gasteiger partial charge in [0.1, 0.15) is 10.6 Å². The van der Waals surface area contributed by atoms with Gasteiger partial charge >= 0.3 is 5.97 Å². The minimum absolute atomic E-state index is 0.0594. The number of nitrogens with one attached hydrogen (secondary N) is 1. The van der Waals surface area contributed by atoms with Crippen molar-refractivity contribution in [3.63, 3.8) is 0 Å². The number of sulfonamides is 1. The largest absolute Gasteiger partial charge is 0.495 e. The van der Waals surface area contributed by atoms with Crippen LogP contribution in [0, 0.1) is 11.3 Å². The maximum Gasteiger partial charge on any atom is 0.337 e. The highest BCUT2D eigenvalue weighted by atomic mass is 32.2. The van der Waals surface area contributed by atoms with Crippen LogP contribution >= 0.6 is 0 Å². The van der Waals surface area contributed by atoms with Crippen LogP contribution < -0.4 is 9.46 Å². The van der Waals surface area contributed by atoms with E-state index in [9.17, 15) is 18.5 Å². The highest BCUT2D eigenvalue weighted by Gasteiger charge is 2.23. The SMILES string of the molecule is COC(=O)c1ccc(OC)c(S(=O)(=O)Nc2cc(C#N)ccc2-n2cccc2)c1. The Morgan fingerprint density at radius 3 is 2.45 bits per heavy atom. The molecule has 0 amide bonds. The number of benzene rings is 2. The molecule has 3 aromatic rings. The van der Waals surface area contributed by atoms with Gasteiger partial charge in [0.05, 0.1) is 42.8 Å². The van der Waals surface area contributed by atoms with Crippen LogP contribution in [0.5, 0.6) is 5.75 Å². The summed E-state index contributed by atoms with van der Waals surface area (Å²) in [4.78, 5) is 11.6. The normalized spacial score (nSPS) is 10.8. The van der Waals surface area contributed by atoms with Gasteiger partial charge in [0.25, 0.3) is 10.0 Å². The number of nitrogens with zero attached hydrogens (tertiary/aromatic N) is 2. The van der Waals surface area contributed by atoms with Gasteiger partial charge in [-0.1, -0.05) is 0 Å². The number of hydrogen-bond acceptors (Lipinski definition) is 6. The van der Waals surface area contributed by atoms with Gasteiger partial charge < -0.3 is 14.0 Å². The summed E-state index contributed by atoms with van der Waals surface area (Å²) in [6, 6.07) is 14.2. The number of rotatable bonds is 6. The fourth-order valence-corrected chi connectivity index (χ4v) is 4.00. The van der Waals surface area contributed by atoms with E-state index in [4.69, 9.17) is 4.74 Å². The topological polar surface area (TPSA) is 110 Å². The van der Waals surface area contributed by atoms with Crippen LogP contribution in [0.3, 0.4) is 0 Å². The Balaban J connectivity index is 2.11. The third-order valence-corrected chi connectivity index (χ3v) is 5.51. The number of esters is 1. The van der Waals surface area contributed by atoms with E-state index in [0.29, 0.717) is 5.69 Å². The first-order valence-electron chi connectivity index (χ1n) is 8.36. The van der Waals surface area contributed by atoms with E-state index >= 15 is 0 Å². The van der Waals surface area contributed by atoms with Crippen LogP contribution in [0.1, 0.15) is 15.9 Å². The van der Waals surface area contributed by atoms with E-state index < -0.39 is 16.0 Å². The molecule has 29 heavy (non-hydrogen) atoms. The number of ether oxygens (including phenoxy) is 2. The van der Waals surface area contributed by atoms with Gasteiger partial charge in [-0.25, -0.2) is 13.2 Å². The van der Waals surface area contributed by atoms with Crippen molar-refractivity contribution >= 4 is 21.7 Å². The molecule has 2 aromatic carbocycles. The summed E-state index contributed by atoms with van der Waals surface area (Å²) in [6.07, 6.45) is 3.50. The first kappa shape index (κ1) is 20.0. The molecule has 0 atom stereocenters. The Kier molecular flexibility index (Phi) is 5.57. The Hall–Kier alpha value is -3.77. The number of aromatic nitrogens is 1. The molecule has 0 fully saturated rings. The van der Waals surface area contributed by atoms with Crippen molar-refractivity contribution in [1.29, 1.82) is 5.26 Å². The molecule has 0 aliphatic carbocycles. The van der Waals surface area contributed by atoms with Gasteiger partial charge in [-0.05, 0) is 48.5 Å². The first-order chi connectivity index (χ1) is 13.9. The predicted molar refractivity (Wildman–Crippen MR) is 106 cm³/mol. The fourth-order valence-electron chi connectivity index (χ4n) is 2.74. The number of carbonyl (C=O) groups is 1. The van der Waals surface area contributed by atoms with Crippen LogP contribution in [0.4, 0.5) is 5.69 Å². The van der Waals surface area contributed by atoms with Gasteiger partial charge in [0, 0.05) is 12.4 Å². The average Bonchev–Trinajstić information content (AvgIpc) is 3.26.